The van der Waals surface area contributed by atoms with Crippen LogP contribution in [0.15, 0.2) is 57.7 Å². The summed E-state index contributed by atoms with van der Waals surface area (Å²) in [6, 6.07) is 12.3. The summed E-state index contributed by atoms with van der Waals surface area (Å²) >= 11 is 1.02. The molecule has 0 N–H and O–H groups in total. The van der Waals surface area contributed by atoms with E-state index in [1.54, 1.807) is 42.5 Å². The van der Waals surface area contributed by atoms with Crippen molar-refractivity contribution >= 4 is 40.4 Å². The number of aryl methyl sites for hydroxylation is 1. The average molecular weight is 511 g/mol. The van der Waals surface area contributed by atoms with Crippen LogP contribution >= 0.6 is 11.8 Å². The van der Waals surface area contributed by atoms with Gasteiger partial charge in [0.05, 0.1) is 38.0 Å². The molecule has 0 atom stereocenters. The molecule has 1 aliphatic rings. The lowest BCUT2D eigenvalue weighted by Gasteiger charge is -2.17. The van der Waals surface area contributed by atoms with Crippen LogP contribution in [0.3, 0.4) is 0 Å². The second kappa shape index (κ2) is 10.5. The average Bonchev–Trinajstić information content (AvgIpc) is 3.39. The smallest absolute Gasteiger partial charge is 0.300 e. The molecule has 1 amide bonds. The van der Waals surface area contributed by atoms with Crippen LogP contribution in [0.2, 0.25) is 0 Å². The van der Waals surface area contributed by atoms with Gasteiger partial charge in [-0.3, -0.25) is 14.5 Å². The lowest BCUT2D eigenvalue weighted by Crippen LogP contribution is -2.38. The summed E-state index contributed by atoms with van der Waals surface area (Å²) in [5.74, 6) is -0.596. The number of ether oxygens (including phenoxy) is 3. The van der Waals surface area contributed by atoms with Crippen molar-refractivity contribution in [1.82, 2.24) is 5.27 Å². The van der Waals surface area contributed by atoms with Gasteiger partial charge in [0.15, 0.2) is 29.7 Å². The van der Waals surface area contributed by atoms with Crippen LogP contribution in [0.25, 0.3) is 6.08 Å². The number of aromatic nitrogens is 2. The highest BCUT2D eigenvalue weighted by atomic mass is 32.2. The molecule has 0 unspecified atom stereocenters. The van der Waals surface area contributed by atoms with E-state index in [4.69, 9.17) is 14.2 Å². The minimum atomic E-state index is -0.824. The number of carbonyl (C=O) groups excluding carboxylic acids is 2. The molecule has 1 aliphatic heterocycles. The molecule has 0 radical (unpaired) electrons. The molecular formula is C24H22N4O7S. The normalized spacial score (nSPS) is 14.2. The summed E-state index contributed by atoms with van der Waals surface area (Å²) in [4.78, 5) is 32.0. The zero-order valence-corrected chi connectivity index (χ0v) is 20.7. The second-order valence-electron chi connectivity index (χ2n) is 7.40. The molecule has 0 aliphatic carbocycles. The number of ketones is 1. The molecule has 0 bridgehead atoms. The number of nitrogens with zero attached hydrogens (tertiary/aromatic N) is 4. The van der Waals surface area contributed by atoms with Crippen LogP contribution in [0.5, 0.6) is 23.2 Å². The second-order valence-corrected chi connectivity index (χ2v) is 8.35. The fourth-order valence-electron chi connectivity index (χ4n) is 3.55. The number of amides is 1. The van der Waals surface area contributed by atoms with Gasteiger partial charge in [-0.25, -0.2) is 4.99 Å². The predicted octanol–water partition coefficient (Wildman–Crippen LogP) is 1.96. The number of hydrogen-bond donors (Lipinski definition) is 0. The number of methoxy groups -OCH3 is 3. The molecule has 2 heterocycles. The zero-order chi connectivity index (χ0) is 25.8. The van der Waals surface area contributed by atoms with Crippen LogP contribution in [0.4, 0.5) is 5.69 Å². The first-order chi connectivity index (χ1) is 17.4. The van der Waals surface area contributed by atoms with E-state index in [9.17, 15) is 14.7 Å². The van der Waals surface area contributed by atoms with Crippen molar-refractivity contribution in [2.24, 2.45) is 12.0 Å². The Balaban J connectivity index is 1.69. The van der Waals surface area contributed by atoms with Crippen LogP contribution in [-0.2, 0) is 11.8 Å². The fourth-order valence-corrected chi connectivity index (χ4v) is 4.42. The van der Waals surface area contributed by atoms with Crippen molar-refractivity contribution in [3.63, 3.8) is 0 Å². The predicted molar refractivity (Wildman–Crippen MR) is 129 cm³/mol. The Morgan fingerprint density at radius 3 is 2.36 bits per heavy atom. The largest absolute Gasteiger partial charge is 0.539 e. The Bertz CT molecular complexity index is 1320. The van der Waals surface area contributed by atoms with Crippen LogP contribution < -0.4 is 28.9 Å². The Labute approximate surface area is 210 Å². The quantitative estimate of drug-likeness (QED) is 0.254. The summed E-state index contributed by atoms with van der Waals surface area (Å²) in [6.45, 7) is 0. The van der Waals surface area contributed by atoms with Crippen LogP contribution in [0, 0.1) is 0 Å². The van der Waals surface area contributed by atoms with E-state index < -0.39 is 11.7 Å². The third-order valence-corrected chi connectivity index (χ3v) is 6.13. The standard InChI is InChI=1S/C24H22N4O7S/c1-27-20(23(31)35-26-27)17(29)13-36-24-25-16(22(30)28(24)15-8-6-5-7-9-15)10-14-11-18(32-2)21(34-4)19(12-14)33-3/h5-12H,13H2,1-4H3/b16-10+. The third kappa shape index (κ3) is 4.75. The number of carbonyl (C=O) groups is 2. The highest BCUT2D eigenvalue weighted by Crippen LogP contribution is 2.39. The highest BCUT2D eigenvalue weighted by molar-refractivity contribution is 8.14. The topological polar surface area (TPSA) is 130 Å². The Morgan fingerprint density at radius 2 is 1.81 bits per heavy atom. The van der Waals surface area contributed by atoms with Gasteiger partial charge in [-0.15, -0.1) is 0 Å². The highest BCUT2D eigenvalue weighted by Gasteiger charge is 2.33. The van der Waals surface area contributed by atoms with E-state index in [-0.39, 0.29) is 28.2 Å². The number of anilines is 1. The zero-order valence-electron chi connectivity index (χ0n) is 19.9. The number of para-hydroxylation sites is 1. The van der Waals surface area contributed by atoms with Gasteiger partial charge >= 0.3 is 0 Å². The van der Waals surface area contributed by atoms with Crippen molar-refractivity contribution in [1.29, 1.82) is 0 Å². The SMILES string of the molecule is COc1cc(/C=C2/N=C(SCC(=O)c3c([O-])on[n+]3C)N(c3ccccc3)C2=O)cc(OC)c1OC. The fraction of sp³-hybridized carbons (Fsp3) is 0.208. The van der Waals surface area contributed by atoms with E-state index in [0.717, 1.165) is 16.4 Å². The van der Waals surface area contributed by atoms with E-state index in [2.05, 4.69) is 14.8 Å². The first kappa shape index (κ1) is 24.8. The summed E-state index contributed by atoms with van der Waals surface area (Å²) in [7, 11) is 5.94. The molecule has 4 rings (SSSR count). The molecule has 11 nitrogen and oxygen atoms in total. The number of hydrogen-bond acceptors (Lipinski definition) is 10. The lowest BCUT2D eigenvalue weighted by atomic mass is 10.1. The van der Waals surface area contributed by atoms with Gasteiger partial charge in [0.1, 0.15) is 5.70 Å². The number of rotatable bonds is 8. The van der Waals surface area contributed by atoms with Gasteiger partial charge in [-0.1, -0.05) is 34.6 Å². The monoisotopic (exact) mass is 510 g/mol. The van der Waals surface area contributed by atoms with Crippen LogP contribution in [-0.4, -0.2) is 49.2 Å². The maximum Gasteiger partial charge on any atom is 0.300 e. The van der Waals surface area contributed by atoms with Crippen LogP contribution in [0.1, 0.15) is 16.1 Å². The Hall–Kier alpha value is -4.32. The molecule has 0 saturated heterocycles. The van der Waals surface area contributed by atoms with Crippen molar-refractivity contribution in [3.05, 3.63) is 59.4 Å². The number of amidine groups is 1. The van der Waals surface area contributed by atoms with Crippen molar-refractivity contribution in [2.75, 3.05) is 32.0 Å². The van der Waals surface area contributed by atoms with Gasteiger partial charge in [0.25, 0.3) is 11.6 Å². The maximum atomic E-state index is 13.4. The van der Waals surface area contributed by atoms with Crippen molar-refractivity contribution in [2.45, 2.75) is 0 Å². The van der Waals surface area contributed by atoms with E-state index in [1.807, 2.05) is 6.07 Å². The van der Waals surface area contributed by atoms with E-state index >= 15 is 0 Å². The number of Topliss-reactive ketones (excluding diaryl/α,β-unsaturated/α-hetero) is 1. The molecule has 1 aromatic heterocycles. The Kier molecular flexibility index (Phi) is 7.25. The number of thioether (sulfide) groups is 1. The molecule has 186 valence electrons. The van der Waals surface area contributed by atoms with Crippen molar-refractivity contribution < 1.29 is 38.1 Å². The van der Waals surface area contributed by atoms with E-state index in [1.165, 1.54) is 33.3 Å². The maximum absolute atomic E-state index is 13.4. The van der Waals surface area contributed by atoms with Gasteiger partial charge in [-0.05, 0) is 35.9 Å². The first-order valence-corrected chi connectivity index (χ1v) is 11.5. The summed E-state index contributed by atoms with van der Waals surface area (Å²) in [5, 5.41) is 15.5. The molecule has 0 saturated carbocycles. The molecule has 2 aromatic carbocycles. The van der Waals surface area contributed by atoms with Gasteiger partial charge in [0.2, 0.25) is 11.5 Å². The molecule has 0 fully saturated rings. The number of benzene rings is 2. The van der Waals surface area contributed by atoms with E-state index in [0.29, 0.717) is 28.5 Å². The molecule has 0 spiro atoms. The summed E-state index contributed by atoms with van der Waals surface area (Å²) in [5.41, 5.74) is 1.13. The first-order valence-electron chi connectivity index (χ1n) is 10.6. The Morgan fingerprint density at radius 1 is 1.14 bits per heavy atom. The third-order valence-electron chi connectivity index (χ3n) is 5.19. The van der Waals surface area contributed by atoms with Gasteiger partial charge < -0.3 is 23.8 Å². The molecular weight excluding hydrogens is 488 g/mol. The molecule has 3 aromatic rings. The minimum absolute atomic E-state index is 0.142. The molecule has 36 heavy (non-hydrogen) atoms. The summed E-state index contributed by atoms with van der Waals surface area (Å²) < 4.78 is 21.8. The van der Waals surface area contributed by atoms with Gasteiger partial charge in [0, 0.05) is 0 Å². The van der Waals surface area contributed by atoms with Gasteiger partial charge in [-0.2, -0.15) is 0 Å². The minimum Gasteiger partial charge on any atom is -0.539 e. The van der Waals surface area contributed by atoms with Crippen molar-refractivity contribution in [3.8, 4) is 23.2 Å². The lowest BCUT2D eigenvalue weighted by molar-refractivity contribution is -0.741. The number of aliphatic imine (C=N–C) groups is 1. The summed E-state index contributed by atoms with van der Waals surface area (Å²) in [6.07, 6.45) is 1.59. The molecule has 12 heteroatoms.